The second kappa shape index (κ2) is 4.69. The maximum Gasteiger partial charge on any atom is 0.407 e. The number of carbonyl (C=O) groups is 1. The quantitative estimate of drug-likeness (QED) is 0.400. The van der Waals surface area contributed by atoms with Crippen molar-refractivity contribution in [3.8, 4) is 0 Å². The number of ether oxygens (including phenoxy) is 1. The summed E-state index contributed by atoms with van der Waals surface area (Å²) in [5.41, 5.74) is 5.36. The molecule has 0 aromatic rings. The Morgan fingerprint density at radius 1 is 1.71 bits per heavy atom. The molecular formula is C8H16N4O2. The number of nitrogens with one attached hydrogen (secondary N) is 2. The van der Waals surface area contributed by atoms with E-state index in [4.69, 9.17) is 11.1 Å². The maximum atomic E-state index is 10.9. The fourth-order valence-electron chi connectivity index (χ4n) is 1.54. The monoisotopic (exact) mass is 200 g/mol. The zero-order valence-electron chi connectivity index (χ0n) is 8.25. The maximum absolute atomic E-state index is 10.9. The minimum atomic E-state index is -0.430. The van der Waals surface area contributed by atoms with Crippen molar-refractivity contribution in [1.29, 1.82) is 5.41 Å². The van der Waals surface area contributed by atoms with Gasteiger partial charge in [0, 0.05) is 19.1 Å². The Labute approximate surface area is 82.9 Å². The predicted molar refractivity (Wildman–Crippen MR) is 52.0 cm³/mol. The molecule has 80 valence electrons. The van der Waals surface area contributed by atoms with Crippen LogP contribution in [0.3, 0.4) is 0 Å². The van der Waals surface area contributed by atoms with E-state index in [-0.39, 0.29) is 12.0 Å². The minimum Gasteiger partial charge on any atom is -0.453 e. The van der Waals surface area contributed by atoms with E-state index in [1.165, 1.54) is 7.11 Å². The molecule has 1 heterocycles. The first-order valence-electron chi connectivity index (χ1n) is 4.57. The lowest BCUT2D eigenvalue weighted by molar-refractivity contribution is 0.159. The van der Waals surface area contributed by atoms with E-state index in [1.54, 1.807) is 4.90 Å². The molecule has 1 amide bonds. The van der Waals surface area contributed by atoms with E-state index in [2.05, 4.69) is 10.1 Å². The normalized spacial score (nSPS) is 21.5. The Bertz CT molecular complexity index is 231. The summed E-state index contributed by atoms with van der Waals surface area (Å²) < 4.78 is 4.50. The molecule has 1 unspecified atom stereocenters. The van der Waals surface area contributed by atoms with Crippen LogP contribution >= 0.6 is 0 Å². The summed E-state index contributed by atoms with van der Waals surface area (Å²) in [7, 11) is 1.33. The van der Waals surface area contributed by atoms with Crippen molar-refractivity contribution in [2.45, 2.75) is 18.9 Å². The van der Waals surface area contributed by atoms with Crippen LogP contribution in [0.4, 0.5) is 4.79 Å². The number of guanidine groups is 1. The van der Waals surface area contributed by atoms with Crippen LogP contribution in [0.25, 0.3) is 0 Å². The van der Waals surface area contributed by atoms with Gasteiger partial charge in [-0.3, -0.25) is 5.41 Å². The number of amides is 1. The average Bonchev–Trinajstić information content (AvgIpc) is 2.18. The van der Waals surface area contributed by atoms with Gasteiger partial charge in [0.05, 0.1) is 7.11 Å². The molecule has 0 saturated carbocycles. The molecular weight excluding hydrogens is 184 g/mol. The van der Waals surface area contributed by atoms with Crippen LogP contribution < -0.4 is 11.1 Å². The molecule has 0 aliphatic carbocycles. The van der Waals surface area contributed by atoms with Crippen LogP contribution in [0.1, 0.15) is 12.8 Å². The highest BCUT2D eigenvalue weighted by atomic mass is 16.5. The highest BCUT2D eigenvalue weighted by molar-refractivity contribution is 5.75. The Kier molecular flexibility index (Phi) is 3.55. The number of nitrogens with zero attached hydrogens (tertiary/aromatic N) is 1. The van der Waals surface area contributed by atoms with Crippen LogP contribution in [0.5, 0.6) is 0 Å². The van der Waals surface area contributed by atoms with Crippen molar-refractivity contribution in [2.24, 2.45) is 5.73 Å². The third-order valence-corrected chi connectivity index (χ3v) is 2.27. The summed E-state index contributed by atoms with van der Waals surface area (Å²) in [5.74, 6) is 0.0568. The van der Waals surface area contributed by atoms with Crippen molar-refractivity contribution in [3.05, 3.63) is 0 Å². The van der Waals surface area contributed by atoms with Gasteiger partial charge in [-0.15, -0.1) is 0 Å². The summed E-state index contributed by atoms with van der Waals surface area (Å²) in [6, 6.07) is 0.0279. The van der Waals surface area contributed by atoms with Gasteiger partial charge < -0.3 is 20.7 Å². The number of likely N-dealkylation sites (tertiary alicyclic amines) is 1. The highest BCUT2D eigenvalue weighted by Crippen LogP contribution is 2.09. The second-order valence-electron chi connectivity index (χ2n) is 3.31. The number of hydrogen-bond donors (Lipinski definition) is 3. The lowest BCUT2D eigenvalue weighted by Gasteiger charge is -2.32. The molecule has 1 saturated heterocycles. The van der Waals surface area contributed by atoms with Crippen molar-refractivity contribution >= 4 is 12.1 Å². The highest BCUT2D eigenvalue weighted by Gasteiger charge is 2.21. The third-order valence-electron chi connectivity index (χ3n) is 2.27. The van der Waals surface area contributed by atoms with E-state index in [9.17, 15) is 4.79 Å². The molecule has 14 heavy (non-hydrogen) atoms. The molecule has 1 aliphatic heterocycles. The molecule has 0 bridgehead atoms. The molecule has 0 spiro atoms. The van der Waals surface area contributed by atoms with Gasteiger partial charge in [-0.25, -0.2) is 4.79 Å². The number of methoxy groups -OCH3 is 1. The molecule has 0 radical (unpaired) electrons. The van der Waals surface area contributed by atoms with E-state index < -0.39 is 6.09 Å². The molecule has 6 heteroatoms. The number of hydrogen-bond acceptors (Lipinski definition) is 3. The molecule has 0 aromatic heterocycles. The summed E-state index contributed by atoms with van der Waals surface area (Å²) in [4.78, 5) is 12.7. The summed E-state index contributed by atoms with van der Waals surface area (Å²) in [6.07, 6.45) is 1.40. The van der Waals surface area contributed by atoms with Gasteiger partial charge in [0.25, 0.3) is 0 Å². The van der Waals surface area contributed by atoms with Gasteiger partial charge in [-0.1, -0.05) is 0 Å². The Morgan fingerprint density at radius 2 is 2.43 bits per heavy atom. The Balaban J connectivity index is 2.40. The van der Waals surface area contributed by atoms with Crippen LogP contribution in [0, 0.1) is 5.41 Å². The van der Waals surface area contributed by atoms with Crippen molar-refractivity contribution < 1.29 is 9.53 Å². The van der Waals surface area contributed by atoms with Crippen molar-refractivity contribution in [2.75, 3.05) is 20.2 Å². The average molecular weight is 200 g/mol. The Hall–Kier alpha value is -1.46. The van der Waals surface area contributed by atoms with Crippen LogP contribution in [0.15, 0.2) is 0 Å². The number of nitrogens with two attached hydrogens (primary N) is 1. The van der Waals surface area contributed by atoms with Gasteiger partial charge in [0.1, 0.15) is 0 Å². The van der Waals surface area contributed by atoms with Gasteiger partial charge in [0.2, 0.25) is 0 Å². The zero-order valence-corrected chi connectivity index (χ0v) is 8.25. The molecule has 4 N–H and O–H groups in total. The van der Waals surface area contributed by atoms with E-state index >= 15 is 0 Å². The molecule has 1 fully saturated rings. The van der Waals surface area contributed by atoms with E-state index in [1.807, 2.05) is 0 Å². The second-order valence-corrected chi connectivity index (χ2v) is 3.31. The largest absolute Gasteiger partial charge is 0.453 e. The lowest BCUT2D eigenvalue weighted by atomic mass is 10.1. The lowest BCUT2D eigenvalue weighted by Crippen LogP contribution is -2.51. The third kappa shape index (κ3) is 2.79. The van der Waals surface area contributed by atoms with Gasteiger partial charge >= 0.3 is 6.09 Å². The summed E-state index contributed by atoms with van der Waals surface area (Å²) >= 11 is 0. The van der Waals surface area contributed by atoms with E-state index in [0.29, 0.717) is 6.54 Å². The summed E-state index contributed by atoms with van der Waals surface area (Å²) in [5, 5.41) is 9.96. The zero-order chi connectivity index (χ0) is 10.6. The van der Waals surface area contributed by atoms with Crippen LogP contribution in [0.2, 0.25) is 0 Å². The fourth-order valence-corrected chi connectivity index (χ4v) is 1.54. The first-order valence-corrected chi connectivity index (χ1v) is 4.57. The molecule has 1 atom stereocenters. The molecule has 1 rings (SSSR count). The number of alkyl carbamates (subject to hydrolysis) is 1. The molecule has 6 nitrogen and oxygen atoms in total. The van der Waals surface area contributed by atoms with Crippen molar-refractivity contribution in [3.63, 3.8) is 0 Å². The molecule has 0 aromatic carbocycles. The SMILES string of the molecule is COC(=O)NC1CCCN(C(=N)N)C1. The van der Waals surface area contributed by atoms with Crippen molar-refractivity contribution in [1.82, 2.24) is 10.2 Å². The standard InChI is InChI=1S/C8H16N4O2/c1-14-8(13)11-6-3-2-4-12(5-6)7(9)10/h6H,2-5H2,1H3,(H3,9,10)(H,11,13). The molecule has 1 aliphatic rings. The van der Waals surface area contributed by atoms with Crippen LogP contribution in [-0.4, -0.2) is 43.2 Å². The first kappa shape index (κ1) is 10.6. The Morgan fingerprint density at radius 3 is 3.00 bits per heavy atom. The minimum absolute atomic E-state index is 0.0279. The summed E-state index contributed by atoms with van der Waals surface area (Å²) in [6.45, 7) is 1.37. The number of piperidine rings is 1. The van der Waals surface area contributed by atoms with Crippen LogP contribution in [-0.2, 0) is 4.74 Å². The smallest absolute Gasteiger partial charge is 0.407 e. The van der Waals surface area contributed by atoms with Gasteiger partial charge in [-0.2, -0.15) is 0 Å². The fraction of sp³-hybridized carbons (Fsp3) is 0.750. The van der Waals surface area contributed by atoms with E-state index in [0.717, 1.165) is 19.4 Å². The van der Waals surface area contributed by atoms with Gasteiger partial charge in [-0.05, 0) is 12.8 Å². The first-order chi connectivity index (χ1) is 6.63. The number of carbonyl (C=O) groups excluding carboxylic acids is 1. The number of rotatable bonds is 1. The van der Waals surface area contributed by atoms with Gasteiger partial charge in [0.15, 0.2) is 5.96 Å². The predicted octanol–water partition coefficient (Wildman–Crippen LogP) is -0.300. The topological polar surface area (TPSA) is 91.4 Å².